The van der Waals surface area contributed by atoms with Crippen LogP contribution in [-0.2, 0) is 11.3 Å². The van der Waals surface area contributed by atoms with E-state index in [1.165, 1.54) is 82.6 Å². The predicted octanol–water partition coefficient (Wildman–Crippen LogP) is 8.19. The second-order valence-corrected chi connectivity index (χ2v) is 9.32. The molecule has 2 atom stereocenters. The van der Waals surface area contributed by atoms with E-state index < -0.39 is 0 Å². The molecule has 28 heavy (non-hydrogen) atoms. The minimum absolute atomic E-state index is 0.316. The predicted molar refractivity (Wildman–Crippen MR) is 121 cm³/mol. The van der Waals surface area contributed by atoms with Gasteiger partial charge in [-0.2, -0.15) is 0 Å². The van der Waals surface area contributed by atoms with Crippen LogP contribution in [0.25, 0.3) is 0 Å². The third-order valence-corrected chi connectivity index (χ3v) is 7.06. The molecular weight excluding hydrogens is 340 g/mol. The van der Waals surface area contributed by atoms with Crippen LogP contribution in [0.4, 0.5) is 0 Å². The van der Waals surface area contributed by atoms with Crippen LogP contribution in [0.1, 0.15) is 108 Å². The highest BCUT2D eigenvalue weighted by atomic mass is 16.5. The van der Waals surface area contributed by atoms with Crippen molar-refractivity contribution < 1.29 is 4.74 Å². The molecule has 1 heteroatoms. The molecule has 156 valence electrons. The van der Waals surface area contributed by atoms with E-state index in [0.29, 0.717) is 6.10 Å². The van der Waals surface area contributed by atoms with Gasteiger partial charge in [0.2, 0.25) is 0 Å². The number of ether oxygens (including phenoxy) is 1. The molecule has 1 saturated carbocycles. The lowest BCUT2D eigenvalue weighted by molar-refractivity contribution is 0.0584. The van der Waals surface area contributed by atoms with Gasteiger partial charge in [-0.1, -0.05) is 82.4 Å². The molecule has 0 spiro atoms. The van der Waals surface area contributed by atoms with Crippen molar-refractivity contribution in [3.63, 3.8) is 0 Å². The summed E-state index contributed by atoms with van der Waals surface area (Å²) in [5.41, 5.74) is 2.87. The van der Waals surface area contributed by atoms with Crippen LogP contribution >= 0.6 is 0 Å². The molecule has 0 amide bonds. The number of unbranched alkanes of at least 4 members (excludes halogenated alkanes) is 2. The topological polar surface area (TPSA) is 9.23 Å². The zero-order chi connectivity index (χ0) is 19.6. The number of hydrogen-bond donors (Lipinski definition) is 0. The first-order valence-electron chi connectivity index (χ1n) is 12.2. The summed E-state index contributed by atoms with van der Waals surface area (Å²) in [7, 11) is 0. The molecule has 2 unspecified atom stereocenters. The molecule has 0 saturated heterocycles. The van der Waals surface area contributed by atoms with Gasteiger partial charge in [0.1, 0.15) is 0 Å². The van der Waals surface area contributed by atoms with Crippen molar-refractivity contribution in [2.24, 2.45) is 11.8 Å². The third kappa shape index (κ3) is 6.76. The zero-order valence-electron chi connectivity index (χ0n) is 18.4. The number of hydrogen-bond acceptors (Lipinski definition) is 1. The van der Waals surface area contributed by atoms with E-state index in [0.717, 1.165) is 24.4 Å². The molecule has 0 heterocycles. The third-order valence-electron chi connectivity index (χ3n) is 7.06. The standard InChI is InChI=1S/C27H42O/c1-3-5-6-8-23-13-19-27(20-14-23)28-21-24-11-17-26(18-12-24)25-15-9-22(7-4-2)10-16-25/h11-13,17-19,22-23,25,27H,3-10,14-16,20-21H2,1-2H3. The number of benzene rings is 1. The van der Waals surface area contributed by atoms with Crippen LogP contribution in [0.2, 0.25) is 0 Å². The Morgan fingerprint density at radius 1 is 0.786 bits per heavy atom. The fourth-order valence-corrected chi connectivity index (χ4v) is 5.17. The fourth-order valence-electron chi connectivity index (χ4n) is 5.17. The molecule has 0 aromatic heterocycles. The summed E-state index contributed by atoms with van der Waals surface area (Å²) in [6.07, 6.45) is 21.4. The first kappa shape index (κ1) is 21.6. The molecule has 3 rings (SSSR count). The second kappa shape index (κ2) is 11.8. The van der Waals surface area contributed by atoms with Gasteiger partial charge < -0.3 is 4.74 Å². The van der Waals surface area contributed by atoms with Crippen LogP contribution in [0.3, 0.4) is 0 Å². The maximum atomic E-state index is 6.18. The summed E-state index contributed by atoms with van der Waals surface area (Å²) in [4.78, 5) is 0. The van der Waals surface area contributed by atoms with Gasteiger partial charge in [0.25, 0.3) is 0 Å². The quantitative estimate of drug-likeness (QED) is 0.293. The van der Waals surface area contributed by atoms with Crippen molar-refractivity contribution in [1.82, 2.24) is 0 Å². The van der Waals surface area contributed by atoms with E-state index in [2.05, 4.69) is 50.3 Å². The maximum absolute atomic E-state index is 6.18. The first-order chi connectivity index (χ1) is 13.8. The van der Waals surface area contributed by atoms with E-state index in [-0.39, 0.29) is 0 Å². The lowest BCUT2D eigenvalue weighted by Crippen LogP contribution is -2.16. The lowest BCUT2D eigenvalue weighted by atomic mass is 9.77. The van der Waals surface area contributed by atoms with Crippen molar-refractivity contribution in [2.45, 2.75) is 110 Å². The molecule has 0 radical (unpaired) electrons. The van der Waals surface area contributed by atoms with E-state index in [1.807, 2.05) is 0 Å². The molecule has 2 aliphatic rings. The lowest BCUT2D eigenvalue weighted by Gasteiger charge is -2.28. The Balaban J connectivity index is 1.39. The molecule has 1 fully saturated rings. The summed E-state index contributed by atoms with van der Waals surface area (Å²) in [5, 5.41) is 0. The largest absolute Gasteiger partial charge is 0.369 e. The summed E-state index contributed by atoms with van der Waals surface area (Å²) in [5.74, 6) is 2.57. The normalized spacial score (nSPS) is 27.8. The molecule has 1 aromatic carbocycles. The fraction of sp³-hybridized carbons (Fsp3) is 0.704. The first-order valence-corrected chi connectivity index (χ1v) is 12.2. The van der Waals surface area contributed by atoms with Gasteiger partial charge >= 0.3 is 0 Å². The summed E-state index contributed by atoms with van der Waals surface area (Å²) < 4.78 is 6.18. The Hall–Kier alpha value is -1.08. The Kier molecular flexibility index (Phi) is 9.12. The van der Waals surface area contributed by atoms with Gasteiger partial charge in [-0.15, -0.1) is 0 Å². The maximum Gasteiger partial charge on any atom is 0.0760 e. The molecule has 0 N–H and O–H groups in total. The monoisotopic (exact) mass is 382 g/mol. The van der Waals surface area contributed by atoms with E-state index in [4.69, 9.17) is 4.74 Å². The average Bonchev–Trinajstić information content (AvgIpc) is 2.75. The number of rotatable bonds is 10. The van der Waals surface area contributed by atoms with Crippen molar-refractivity contribution in [3.8, 4) is 0 Å². The van der Waals surface area contributed by atoms with E-state index in [1.54, 1.807) is 5.56 Å². The van der Waals surface area contributed by atoms with Crippen molar-refractivity contribution in [2.75, 3.05) is 0 Å². The number of allylic oxidation sites excluding steroid dienone is 1. The minimum Gasteiger partial charge on any atom is -0.369 e. The van der Waals surface area contributed by atoms with Crippen LogP contribution in [0, 0.1) is 11.8 Å². The summed E-state index contributed by atoms with van der Waals surface area (Å²) in [6, 6.07) is 9.33. The smallest absolute Gasteiger partial charge is 0.0760 e. The van der Waals surface area contributed by atoms with Gasteiger partial charge in [0, 0.05) is 0 Å². The summed E-state index contributed by atoms with van der Waals surface area (Å²) >= 11 is 0. The molecular formula is C27H42O. The Morgan fingerprint density at radius 3 is 2.21 bits per heavy atom. The SMILES string of the molecule is CCCCCC1C=CC(OCc2ccc(C3CCC(CCC)CC3)cc2)CC1. The van der Waals surface area contributed by atoms with Crippen molar-refractivity contribution in [1.29, 1.82) is 0 Å². The molecule has 1 nitrogen and oxygen atoms in total. The van der Waals surface area contributed by atoms with Gasteiger partial charge in [-0.3, -0.25) is 0 Å². The van der Waals surface area contributed by atoms with Gasteiger partial charge in [-0.05, 0) is 73.8 Å². The van der Waals surface area contributed by atoms with E-state index in [9.17, 15) is 0 Å². The van der Waals surface area contributed by atoms with Crippen LogP contribution in [0.5, 0.6) is 0 Å². The van der Waals surface area contributed by atoms with Crippen LogP contribution < -0.4 is 0 Å². The molecule has 1 aromatic rings. The zero-order valence-corrected chi connectivity index (χ0v) is 18.4. The molecule has 0 bridgehead atoms. The van der Waals surface area contributed by atoms with Gasteiger partial charge in [0.15, 0.2) is 0 Å². The Morgan fingerprint density at radius 2 is 1.57 bits per heavy atom. The highest BCUT2D eigenvalue weighted by molar-refractivity contribution is 5.25. The van der Waals surface area contributed by atoms with Crippen LogP contribution in [0.15, 0.2) is 36.4 Å². The average molecular weight is 383 g/mol. The highest BCUT2D eigenvalue weighted by Gasteiger charge is 2.21. The molecule has 0 aliphatic heterocycles. The Labute approximate surface area is 174 Å². The summed E-state index contributed by atoms with van der Waals surface area (Å²) in [6.45, 7) is 5.35. The van der Waals surface area contributed by atoms with E-state index >= 15 is 0 Å². The molecule has 2 aliphatic carbocycles. The Bertz CT molecular complexity index is 564. The van der Waals surface area contributed by atoms with Gasteiger partial charge in [-0.25, -0.2) is 0 Å². The second-order valence-electron chi connectivity index (χ2n) is 9.32. The van der Waals surface area contributed by atoms with Crippen LogP contribution in [-0.4, -0.2) is 6.10 Å². The van der Waals surface area contributed by atoms with Crippen molar-refractivity contribution in [3.05, 3.63) is 47.5 Å². The highest BCUT2D eigenvalue weighted by Crippen LogP contribution is 2.37. The minimum atomic E-state index is 0.316. The van der Waals surface area contributed by atoms with Gasteiger partial charge in [0.05, 0.1) is 12.7 Å². The van der Waals surface area contributed by atoms with Crippen molar-refractivity contribution >= 4 is 0 Å².